The summed E-state index contributed by atoms with van der Waals surface area (Å²) in [5.74, 6) is 1.58. The number of halogens is 1. The van der Waals surface area contributed by atoms with Gasteiger partial charge in [0.25, 0.3) is 0 Å². The van der Waals surface area contributed by atoms with E-state index in [1.54, 1.807) is 25.3 Å². The number of hydrogen-bond acceptors (Lipinski definition) is 5. The lowest BCUT2D eigenvalue weighted by atomic mass is 10.1. The standard InChI is InChI=1S/C24H26ClN5O2/c1-32-22-10-7-19(25)16-21(22)28-24(31)27-20-8-5-18(6-9-20)17-29-12-14-30(15-13-29)23-4-2-3-11-26-23/h2-11,16H,12-15,17H2,1H3,(H2,27,28,31). The van der Waals surface area contributed by atoms with Crippen molar-refractivity contribution in [1.29, 1.82) is 0 Å². The lowest BCUT2D eigenvalue weighted by Gasteiger charge is -2.35. The highest BCUT2D eigenvalue weighted by atomic mass is 35.5. The Morgan fingerprint density at radius 3 is 2.50 bits per heavy atom. The average Bonchev–Trinajstić information content (AvgIpc) is 2.81. The van der Waals surface area contributed by atoms with Crippen LogP contribution >= 0.6 is 11.6 Å². The molecule has 2 N–H and O–H groups in total. The largest absolute Gasteiger partial charge is 0.495 e. The van der Waals surface area contributed by atoms with E-state index in [0.717, 1.165) is 38.5 Å². The fourth-order valence-corrected chi connectivity index (χ4v) is 3.86. The van der Waals surface area contributed by atoms with Crippen LogP contribution in [0.4, 0.5) is 22.0 Å². The van der Waals surface area contributed by atoms with Crippen LogP contribution in [0.2, 0.25) is 5.02 Å². The predicted molar refractivity (Wildman–Crippen MR) is 129 cm³/mol. The molecule has 3 aromatic rings. The fraction of sp³-hybridized carbons (Fsp3) is 0.250. The number of amides is 2. The second-order valence-corrected chi connectivity index (χ2v) is 8.01. The normalized spacial score (nSPS) is 14.1. The number of hydrogen-bond donors (Lipinski definition) is 2. The van der Waals surface area contributed by atoms with Gasteiger partial charge in [0.2, 0.25) is 0 Å². The molecule has 0 aliphatic carbocycles. The van der Waals surface area contributed by atoms with Crippen molar-refractivity contribution in [2.24, 2.45) is 0 Å². The maximum atomic E-state index is 12.4. The Hall–Kier alpha value is -3.29. The van der Waals surface area contributed by atoms with Gasteiger partial charge in [0.1, 0.15) is 11.6 Å². The van der Waals surface area contributed by atoms with Crippen molar-refractivity contribution in [2.75, 3.05) is 48.8 Å². The van der Waals surface area contributed by atoms with Crippen molar-refractivity contribution in [3.05, 3.63) is 77.4 Å². The van der Waals surface area contributed by atoms with E-state index in [1.165, 1.54) is 5.56 Å². The third-order valence-electron chi connectivity index (χ3n) is 5.37. The minimum absolute atomic E-state index is 0.357. The zero-order chi connectivity index (χ0) is 22.3. The maximum absolute atomic E-state index is 12.4. The van der Waals surface area contributed by atoms with E-state index in [2.05, 4.69) is 31.5 Å². The van der Waals surface area contributed by atoms with E-state index in [9.17, 15) is 4.79 Å². The van der Waals surface area contributed by atoms with Crippen LogP contribution in [-0.2, 0) is 6.54 Å². The van der Waals surface area contributed by atoms with Gasteiger partial charge < -0.3 is 20.3 Å². The Morgan fingerprint density at radius 1 is 1.03 bits per heavy atom. The van der Waals surface area contributed by atoms with Crippen molar-refractivity contribution >= 4 is 34.8 Å². The molecule has 0 radical (unpaired) electrons. The van der Waals surface area contributed by atoms with Gasteiger partial charge >= 0.3 is 6.03 Å². The van der Waals surface area contributed by atoms with Crippen molar-refractivity contribution < 1.29 is 9.53 Å². The number of benzene rings is 2. The van der Waals surface area contributed by atoms with Gasteiger partial charge in [0.05, 0.1) is 12.8 Å². The van der Waals surface area contributed by atoms with E-state index in [1.807, 2.05) is 42.6 Å². The molecule has 0 atom stereocenters. The van der Waals surface area contributed by atoms with Crippen LogP contribution in [0.1, 0.15) is 5.56 Å². The molecule has 7 nitrogen and oxygen atoms in total. The number of carbonyl (C=O) groups excluding carboxylic acids is 1. The molecule has 32 heavy (non-hydrogen) atoms. The van der Waals surface area contributed by atoms with E-state index in [-0.39, 0.29) is 6.03 Å². The summed E-state index contributed by atoms with van der Waals surface area (Å²) in [4.78, 5) is 21.6. The van der Waals surface area contributed by atoms with Crippen LogP contribution in [0.15, 0.2) is 66.9 Å². The Morgan fingerprint density at radius 2 is 1.81 bits per heavy atom. The zero-order valence-electron chi connectivity index (χ0n) is 17.9. The van der Waals surface area contributed by atoms with Crippen LogP contribution in [-0.4, -0.2) is 49.2 Å². The minimum atomic E-state index is -0.357. The summed E-state index contributed by atoms with van der Waals surface area (Å²) in [6, 6.07) is 18.6. The predicted octanol–water partition coefficient (Wildman–Crippen LogP) is 4.71. The number of anilines is 3. The number of ether oxygens (including phenoxy) is 1. The molecule has 1 aliphatic heterocycles. The Bertz CT molecular complexity index is 1040. The van der Waals surface area contributed by atoms with Gasteiger partial charge in [-0.05, 0) is 48.0 Å². The van der Waals surface area contributed by atoms with Crippen molar-refractivity contribution in [3.63, 3.8) is 0 Å². The first kappa shape index (κ1) is 21.9. The smallest absolute Gasteiger partial charge is 0.323 e. The zero-order valence-corrected chi connectivity index (χ0v) is 18.7. The minimum Gasteiger partial charge on any atom is -0.495 e. The van der Waals surface area contributed by atoms with Gasteiger partial charge in [-0.1, -0.05) is 29.8 Å². The van der Waals surface area contributed by atoms with Gasteiger partial charge in [-0.3, -0.25) is 4.90 Å². The van der Waals surface area contributed by atoms with Gasteiger partial charge in [0, 0.05) is 49.6 Å². The summed E-state index contributed by atoms with van der Waals surface area (Å²) in [5, 5.41) is 6.13. The van der Waals surface area contributed by atoms with Crippen LogP contribution in [0.25, 0.3) is 0 Å². The summed E-state index contributed by atoms with van der Waals surface area (Å²) in [6.45, 7) is 4.77. The lowest BCUT2D eigenvalue weighted by molar-refractivity contribution is 0.249. The molecule has 1 aromatic heterocycles. The molecule has 0 bridgehead atoms. The number of carbonyl (C=O) groups is 1. The molecular formula is C24H26ClN5O2. The first-order valence-electron chi connectivity index (χ1n) is 10.5. The number of rotatable bonds is 6. The van der Waals surface area contributed by atoms with Crippen molar-refractivity contribution in [2.45, 2.75) is 6.54 Å². The summed E-state index contributed by atoms with van der Waals surface area (Å²) in [6.07, 6.45) is 1.84. The summed E-state index contributed by atoms with van der Waals surface area (Å²) >= 11 is 6.02. The van der Waals surface area contributed by atoms with Gasteiger partial charge in [0.15, 0.2) is 0 Å². The topological polar surface area (TPSA) is 69.7 Å². The summed E-state index contributed by atoms with van der Waals surface area (Å²) in [5.41, 5.74) is 2.44. The highest BCUT2D eigenvalue weighted by Crippen LogP contribution is 2.27. The van der Waals surface area contributed by atoms with Crippen LogP contribution < -0.4 is 20.3 Å². The molecule has 1 aliphatic rings. The Balaban J connectivity index is 1.27. The molecule has 8 heteroatoms. The second kappa shape index (κ2) is 10.3. The molecule has 1 saturated heterocycles. The molecule has 2 amide bonds. The molecule has 2 heterocycles. The molecule has 0 saturated carbocycles. The third kappa shape index (κ3) is 5.69. The van der Waals surface area contributed by atoms with Gasteiger partial charge in [-0.2, -0.15) is 0 Å². The highest BCUT2D eigenvalue weighted by molar-refractivity contribution is 6.31. The van der Waals surface area contributed by atoms with Gasteiger partial charge in [-0.15, -0.1) is 0 Å². The SMILES string of the molecule is COc1ccc(Cl)cc1NC(=O)Nc1ccc(CN2CCN(c3ccccn3)CC2)cc1. The summed E-state index contributed by atoms with van der Waals surface area (Å²) in [7, 11) is 1.55. The molecule has 2 aromatic carbocycles. The van der Waals surface area contributed by atoms with Crippen LogP contribution in [0.3, 0.4) is 0 Å². The molecule has 4 rings (SSSR count). The number of aromatic nitrogens is 1. The molecule has 1 fully saturated rings. The molecule has 166 valence electrons. The van der Waals surface area contributed by atoms with E-state index in [0.29, 0.717) is 22.1 Å². The van der Waals surface area contributed by atoms with Gasteiger partial charge in [-0.25, -0.2) is 9.78 Å². The maximum Gasteiger partial charge on any atom is 0.323 e. The first-order valence-corrected chi connectivity index (χ1v) is 10.9. The number of nitrogens with one attached hydrogen (secondary N) is 2. The molecular weight excluding hydrogens is 426 g/mol. The molecule has 0 unspecified atom stereocenters. The quantitative estimate of drug-likeness (QED) is 0.568. The number of methoxy groups -OCH3 is 1. The fourth-order valence-electron chi connectivity index (χ4n) is 3.69. The second-order valence-electron chi connectivity index (χ2n) is 7.57. The summed E-state index contributed by atoms with van der Waals surface area (Å²) < 4.78 is 5.26. The molecule has 0 spiro atoms. The number of urea groups is 1. The first-order chi connectivity index (χ1) is 15.6. The van der Waals surface area contributed by atoms with E-state index in [4.69, 9.17) is 16.3 Å². The lowest BCUT2D eigenvalue weighted by Crippen LogP contribution is -2.46. The average molecular weight is 452 g/mol. The third-order valence-corrected chi connectivity index (χ3v) is 5.61. The number of pyridine rings is 1. The van der Waals surface area contributed by atoms with Crippen molar-refractivity contribution in [3.8, 4) is 5.75 Å². The monoisotopic (exact) mass is 451 g/mol. The van der Waals surface area contributed by atoms with Crippen LogP contribution in [0.5, 0.6) is 5.75 Å². The Labute approximate surface area is 193 Å². The number of nitrogens with zero attached hydrogens (tertiary/aromatic N) is 3. The van der Waals surface area contributed by atoms with E-state index < -0.39 is 0 Å². The Kier molecular flexibility index (Phi) is 7.09. The highest BCUT2D eigenvalue weighted by Gasteiger charge is 2.18. The van der Waals surface area contributed by atoms with Crippen LogP contribution in [0, 0.1) is 0 Å². The van der Waals surface area contributed by atoms with E-state index >= 15 is 0 Å². The number of piperazine rings is 1. The van der Waals surface area contributed by atoms with Crippen molar-refractivity contribution in [1.82, 2.24) is 9.88 Å².